The molecule has 3 rings (SSSR count). The first-order chi connectivity index (χ1) is 10.2. The largest absolute Gasteiger partial charge is 0.497 e. The van der Waals surface area contributed by atoms with Gasteiger partial charge in [0.2, 0.25) is 0 Å². The van der Waals surface area contributed by atoms with Gasteiger partial charge in [-0.25, -0.2) is 0 Å². The minimum absolute atomic E-state index is 0.267. The molecule has 1 heterocycles. The summed E-state index contributed by atoms with van der Waals surface area (Å²) in [6.07, 6.45) is 2.50. The zero-order valence-electron chi connectivity index (χ0n) is 12.3. The number of aryl methyl sites for hydroxylation is 1. The molecule has 0 amide bonds. The summed E-state index contributed by atoms with van der Waals surface area (Å²) in [6.45, 7) is 2.81. The van der Waals surface area contributed by atoms with E-state index >= 15 is 0 Å². The maximum atomic E-state index is 5.80. The topological polar surface area (TPSA) is 69.4 Å². The monoisotopic (exact) mass is 289 g/mol. The predicted octanol–water partition coefficient (Wildman–Crippen LogP) is 2.22. The fourth-order valence-corrected chi connectivity index (χ4v) is 2.04. The lowest BCUT2D eigenvalue weighted by Crippen LogP contribution is -2.16. The predicted molar refractivity (Wildman–Crippen MR) is 76.2 cm³/mol. The van der Waals surface area contributed by atoms with Gasteiger partial charge in [0, 0.05) is 18.2 Å². The van der Waals surface area contributed by atoms with E-state index in [9.17, 15) is 0 Å². The van der Waals surface area contributed by atoms with Gasteiger partial charge >= 0.3 is 0 Å². The van der Waals surface area contributed by atoms with Gasteiger partial charge in [0.05, 0.1) is 7.11 Å². The van der Waals surface area contributed by atoms with Crippen molar-refractivity contribution in [1.82, 2.24) is 15.5 Å². The van der Waals surface area contributed by atoms with Crippen LogP contribution in [0.5, 0.6) is 11.5 Å². The lowest BCUT2D eigenvalue weighted by Gasteiger charge is -2.12. The zero-order valence-corrected chi connectivity index (χ0v) is 12.3. The molecule has 1 saturated carbocycles. The van der Waals surface area contributed by atoms with Gasteiger partial charge in [-0.05, 0) is 38.0 Å². The molecular formula is C15H19N3O3. The molecule has 0 aliphatic heterocycles. The van der Waals surface area contributed by atoms with Gasteiger partial charge in [-0.3, -0.25) is 0 Å². The van der Waals surface area contributed by atoms with E-state index in [2.05, 4.69) is 15.5 Å². The second-order valence-corrected chi connectivity index (χ2v) is 5.15. The Kier molecular flexibility index (Phi) is 4.06. The number of nitrogens with one attached hydrogen (secondary N) is 1. The first-order valence-electron chi connectivity index (χ1n) is 7.07. The Hall–Kier alpha value is -2.08. The average Bonchev–Trinajstić information content (AvgIpc) is 3.24. The van der Waals surface area contributed by atoms with Crippen LogP contribution in [0.25, 0.3) is 0 Å². The summed E-state index contributed by atoms with van der Waals surface area (Å²) < 4.78 is 16.1. The van der Waals surface area contributed by atoms with Crippen LogP contribution in [0.3, 0.4) is 0 Å². The minimum Gasteiger partial charge on any atom is -0.497 e. The Morgan fingerprint density at radius 1 is 1.38 bits per heavy atom. The van der Waals surface area contributed by atoms with E-state index in [0.29, 0.717) is 17.8 Å². The molecule has 112 valence electrons. The number of methoxy groups -OCH3 is 1. The fourth-order valence-electron chi connectivity index (χ4n) is 2.04. The number of rotatable bonds is 7. The van der Waals surface area contributed by atoms with E-state index < -0.39 is 0 Å². The van der Waals surface area contributed by atoms with E-state index in [-0.39, 0.29) is 6.61 Å². The van der Waals surface area contributed by atoms with Crippen LogP contribution in [-0.2, 0) is 13.2 Å². The SMILES string of the molecule is COc1ccc(OCc2nc(C)no2)c(CNC2CC2)c1. The second kappa shape index (κ2) is 6.13. The summed E-state index contributed by atoms with van der Waals surface area (Å²) in [5, 5.41) is 7.23. The van der Waals surface area contributed by atoms with Crippen molar-refractivity contribution in [2.75, 3.05) is 7.11 Å². The number of nitrogens with zero attached hydrogens (tertiary/aromatic N) is 2. The summed E-state index contributed by atoms with van der Waals surface area (Å²) in [5.74, 6) is 2.71. The Morgan fingerprint density at radius 2 is 2.24 bits per heavy atom. The maximum absolute atomic E-state index is 5.80. The van der Waals surface area contributed by atoms with Crippen LogP contribution in [0, 0.1) is 6.92 Å². The van der Waals surface area contributed by atoms with Crippen LogP contribution in [0.2, 0.25) is 0 Å². The smallest absolute Gasteiger partial charge is 0.264 e. The number of aromatic nitrogens is 2. The van der Waals surface area contributed by atoms with Crippen molar-refractivity contribution in [3.63, 3.8) is 0 Å². The summed E-state index contributed by atoms with van der Waals surface area (Å²) >= 11 is 0. The molecule has 6 nitrogen and oxygen atoms in total. The molecule has 0 bridgehead atoms. The van der Waals surface area contributed by atoms with Crippen LogP contribution in [0.4, 0.5) is 0 Å². The van der Waals surface area contributed by atoms with E-state index in [0.717, 1.165) is 23.6 Å². The van der Waals surface area contributed by atoms with E-state index in [1.54, 1.807) is 14.0 Å². The van der Waals surface area contributed by atoms with E-state index in [1.807, 2.05) is 18.2 Å². The highest BCUT2D eigenvalue weighted by molar-refractivity contribution is 5.40. The van der Waals surface area contributed by atoms with E-state index in [4.69, 9.17) is 14.0 Å². The molecular weight excluding hydrogens is 270 g/mol. The van der Waals surface area contributed by atoms with Gasteiger partial charge in [-0.1, -0.05) is 5.16 Å². The molecule has 1 aliphatic carbocycles. The summed E-state index contributed by atoms with van der Waals surface area (Å²) in [4.78, 5) is 4.13. The van der Waals surface area contributed by atoms with Crippen LogP contribution < -0.4 is 14.8 Å². The molecule has 1 N–H and O–H groups in total. The molecule has 6 heteroatoms. The van der Waals surface area contributed by atoms with Gasteiger partial charge < -0.3 is 19.3 Å². The van der Waals surface area contributed by atoms with Crippen molar-refractivity contribution in [3.05, 3.63) is 35.5 Å². The molecule has 2 aromatic rings. The highest BCUT2D eigenvalue weighted by atomic mass is 16.5. The van der Waals surface area contributed by atoms with Crippen LogP contribution in [0.15, 0.2) is 22.7 Å². The molecule has 1 aromatic carbocycles. The van der Waals surface area contributed by atoms with Gasteiger partial charge in [0.15, 0.2) is 12.4 Å². The average molecular weight is 289 g/mol. The lowest BCUT2D eigenvalue weighted by molar-refractivity contribution is 0.240. The minimum atomic E-state index is 0.267. The van der Waals surface area contributed by atoms with Crippen molar-refractivity contribution in [1.29, 1.82) is 0 Å². The third-order valence-electron chi connectivity index (χ3n) is 3.35. The number of hydrogen-bond acceptors (Lipinski definition) is 6. The number of benzene rings is 1. The van der Waals surface area contributed by atoms with Crippen LogP contribution in [0.1, 0.15) is 30.1 Å². The van der Waals surface area contributed by atoms with Crippen molar-refractivity contribution in [2.45, 2.75) is 39.0 Å². The third-order valence-corrected chi connectivity index (χ3v) is 3.35. The highest BCUT2D eigenvalue weighted by Gasteiger charge is 2.21. The standard InChI is InChI=1S/C15H19N3O3/c1-10-17-15(21-18-10)9-20-14-6-5-13(19-2)7-11(14)8-16-12-3-4-12/h5-7,12,16H,3-4,8-9H2,1-2H3. The van der Waals surface area contributed by atoms with Crippen molar-refractivity contribution in [2.24, 2.45) is 0 Å². The summed E-state index contributed by atoms with van der Waals surface area (Å²) in [7, 11) is 1.66. The molecule has 0 spiro atoms. The second-order valence-electron chi connectivity index (χ2n) is 5.15. The number of ether oxygens (including phenoxy) is 2. The van der Waals surface area contributed by atoms with Crippen molar-refractivity contribution < 1.29 is 14.0 Å². The lowest BCUT2D eigenvalue weighted by atomic mass is 10.2. The fraction of sp³-hybridized carbons (Fsp3) is 0.467. The summed E-state index contributed by atoms with van der Waals surface area (Å²) in [5.41, 5.74) is 1.07. The Bertz CT molecular complexity index is 608. The molecule has 0 saturated heterocycles. The van der Waals surface area contributed by atoms with Gasteiger partial charge in [0.25, 0.3) is 5.89 Å². The Balaban J connectivity index is 1.69. The molecule has 0 radical (unpaired) electrons. The highest BCUT2D eigenvalue weighted by Crippen LogP contribution is 2.26. The normalized spacial score (nSPS) is 14.2. The van der Waals surface area contributed by atoms with Crippen LogP contribution in [-0.4, -0.2) is 23.3 Å². The van der Waals surface area contributed by atoms with Gasteiger partial charge in [-0.15, -0.1) is 0 Å². The Morgan fingerprint density at radius 3 is 2.90 bits per heavy atom. The van der Waals surface area contributed by atoms with Crippen molar-refractivity contribution in [3.8, 4) is 11.5 Å². The molecule has 1 aliphatic rings. The van der Waals surface area contributed by atoms with Crippen molar-refractivity contribution >= 4 is 0 Å². The molecule has 0 atom stereocenters. The zero-order chi connectivity index (χ0) is 14.7. The summed E-state index contributed by atoms with van der Waals surface area (Å²) in [6, 6.07) is 6.42. The molecule has 21 heavy (non-hydrogen) atoms. The third kappa shape index (κ3) is 3.72. The Labute approximate surface area is 123 Å². The van der Waals surface area contributed by atoms with E-state index in [1.165, 1.54) is 12.8 Å². The van der Waals surface area contributed by atoms with Gasteiger partial charge in [-0.2, -0.15) is 4.98 Å². The quantitative estimate of drug-likeness (QED) is 0.843. The molecule has 0 unspecified atom stereocenters. The molecule has 1 aromatic heterocycles. The van der Waals surface area contributed by atoms with Crippen LogP contribution >= 0.6 is 0 Å². The number of hydrogen-bond donors (Lipinski definition) is 1. The molecule has 1 fully saturated rings. The van der Waals surface area contributed by atoms with Gasteiger partial charge in [0.1, 0.15) is 11.5 Å². The first kappa shape index (κ1) is 13.9. The first-order valence-corrected chi connectivity index (χ1v) is 7.07. The maximum Gasteiger partial charge on any atom is 0.264 e.